The van der Waals surface area contributed by atoms with Gasteiger partial charge in [0.05, 0.1) is 13.2 Å². The lowest BCUT2D eigenvalue weighted by atomic mass is 10.1. The van der Waals surface area contributed by atoms with Gasteiger partial charge in [-0.25, -0.2) is 0 Å². The maximum atomic E-state index is 4.66. The standard InChI is InChI=1S/C10H8.C4H10O2/c1-2-6-10-8-4-3-7-9(10)5-1;1-5-3-4-6-2/h1-8H;3-4H2,1-2H3. The molecular weight excluding hydrogens is 200 g/mol. The summed E-state index contributed by atoms with van der Waals surface area (Å²) in [5, 5.41) is 2.62. The fourth-order valence-electron chi connectivity index (χ4n) is 1.30. The lowest BCUT2D eigenvalue weighted by molar-refractivity contribution is 0.103. The van der Waals surface area contributed by atoms with Crippen LogP contribution in [0.5, 0.6) is 0 Å². The molecule has 2 aromatic rings. The number of benzene rings is 2. The summed E-state index contributed by atoms with van der Waals surface area (Å²) in [5.41, 5.74) is 0. The minimum absolute atomic E-state index is 0.691. The first kappa shape index (κ1) is 12.7. The van der Waals surface area contributed by atoms with Gasteiger partial charge in [0.1, 0.15) is 0 Å². The minimum atomic E-state index is 0.691. The van der Waals surface area contributed by atoms with E-state index in [0.29, 0.717) is 13.2 Å². The molecule has 86 valence electrons. The Bertz CT molecular complexity index is 329. The summed E-state index contributed by atoms with van der Waals surface area (Å²) in [5.74, 6) is 0. The third-order valence-corrected chi connectivity index (χ3v) is 2.15. The molecule has 0 aromatic heterocycles. The molecule has 0 saturated heterocycles. The maximum Gasteiger partial charge on any atom is 0.0696 e. The Balaban J connectivity index is 0.000000187. The monoisotopic (exact) mass is 218 g/mol. The second-order valence-electron chi connectivity index (χ2n) is 3.33. The highest BCUT2D eigenvalue weighted by Crippen LogP contribution is 2.11. The second kappa shape index (κ2) is 7.85. The van der Waals surface area contributed by atoms with Gasteiger partial charge in [-0.3, -0.25) is 0 Å². The highest BCUT2D eigenvalue weighted by Gasteiger charge is 1.85. The molecule has 0 aliphatic rings. The van der Waals surface area contributed by atoms with Gasteiger partial charge in [-0.05, 0) is 10.8 Å². The summed E-state index contributed by atoms with van der Waals surface area (Å²) in [7, 11) is 3.30. The van der Waals surface area contributed by atoms with Gasteiger partial charge in [0.2, 0.25) is 0 Å². The zero-order valence-electron chi connectivity index (χ0n) is 9.85. The summed E-state index contributed by atoms with van der Waals surface area (Å²) < 4.78 is 9.31. The van der Waals surface area contributed by atoms with Crippen molar-refractivity contribution in [2.45, 2.75) is 0 Å². The fraction of sp³-hybridized carbons (Fsp3) is 0.286. The summed E-state index contributed by atoms with van der Waals surface area (Å²) in [6.45, 7) is 1.38. The molecule has 0 amide bonds. The van der Waals surface area contributed by atoms with Crippen molar-refractivity contribution in [3.63, 3.8) is 0 Å². The molecule has 0 radical (unpaired) electrons. The van der Waals surface area contributed by atoms with E-state index in [0.717, 1.165) is 0 Å². The topological polar surface area (TPSA) is 18.5 Å². The van der Waals surface area contributed by atoms with E-state index in [1.54, 1.807) is 14.2 Å². The van der Waals surface area contributed by atoms with Crippen LogP contribution in [0.25, 0.3) is 10.8 Å². The zero-order chi connectivity index (χ0) is 11.6. The first-order chi connectivity index (χ1) is 7.88. The molecule has 0 saturated carbocycles. The Morgan fingerprint density at radius 3 is 1.25 bits per heavy atom. The van der Waals surface area contributed by atoms with Crippen molar-refractivity contribution < 1.29 is 9.47 Å². The van der Waals surface area contributed by atoms with Gasteiger partial charge in [0.25, 0.3) is 0 Å². The molecular formula is C14H18O2. The van der Waals surface area contributed by atoms with Crippen molar-refractivity contribution in [2.24, 2.45) is 0 Å². The van der Waals surface area contributed by atoms with E-state index in [1.807, 2.05) is 0 Å². The summed E-state index contributed by atoms with van der Waals surface area (Å²) in [4.78, 5) is 0. The van der Waals surface area contributed by atoms with Gasteiger partial charge in [-0.2, -0.15) is 0 Å². The number of ether oxygens (including phenoxy) is 2. The van der Waals surface area contributed by atoms with Crippen molar-refractivity contribution in [1.29, 1.82) is 0 Å². The van der Waals surface area contributed by atoms with Gasteiger partial charge in [-0.1, -0.05) is 48.5 Å². The van der Waals surface area contributed by atoms with Gasteiger partial charge < -0.3 is 9.47 Å². The van der Waals surface area contributed by atoms with E-state index < -0.39 is 0 Å². The average molecular weight is 218 g/mol. The first-order valence-corrected chi connectivity index (χ1v) is 5.30. The van der Waals surface area contributed by atoms with Gasteiger partial charge >= 0.3 is 0 Å². The van der Waals surface area contributed by atoms with Crippen molar-refractivity contribution in [1.82, 2.24) is 0 Å². The van der Waals surface area contributed by atoms with Crippen LogP contribution in [0.4, 0.5) is 0 Å². The third-order valence-electron chi connectivity index (χ3n) is 2.15. The van der Waals surface area contributed by atoms with E-state index in [9.17, 15) is 0 Å². The van der Waals surface area contributed by atoms with Crippen LogP contribution in [0.3, 0.4) is 0 Å². The van der Waals surface area contributed by atoms with Crippen LogP contribution < -0.4 is 0 Å². The molecule has 0 N–H and O–H groups in total. The fourth-order valence-corrected chi connectivity index (χ4v) is 1.30. The number of rotatable bonds is 3. The molecule has 2 aromatic carbocycles. The smallest absolute Gasteiger partial charge is 0.0696 e. The predicted octanol–water partition coefficient (Wildman–Crippen LogP) is 3.12. The summed E-state index contributed by atoms with van der Waals surface area (Å²) >= 11 is 0. The molecule has 0 aliphatic carbocycles. The normalized spacial score (nSPS) is 9.62. The molecule has 2 heteroatoms. The summed E-state index contributed by atoms with van der Waals surface area (Å²) in [6, 6.07) is 16.7. The van der Waals surface area contributed by atoms with Crippen molar-refractivity contribution in [3.8, 4) is 0 Å². The van der Waals surface area contributed by atoms with Crippen LogP contribution in [0.2, 0.25) is 0 Å². The number of fused-ring (bicyclic) bond motifs is 1. The SMILES string of the molecule is COCCOC.c1ccc2ccccc2c1. The van der Waals surface area contributed by atoms with Crippen LogP contribution in [0.1, 0.15) is 0 Å². The Labute approximate surface area is 96.8 Å². The molecule has 2 nitrogen and oxygen atoms in total. The first-order valence-electron chi connectivity index (χ1n) is 5.30. The van der Waals surface area contributed by atoms with Crippen LogP contribution >= 0.6 is 0 Å². The Kier molecular flexibility index (Phi) is 6.23. The predicted molar refractivity (Wildman–Crippen MR) is 67.7 cm³/mol. The lowest BCUT2D eigenvalue weighted by Crippen LogP contribution is -1.96. The highest BCUT2D eigenvalue weighted by molar-refractivity contribution is 5.81. The molecule has 0 fully saturated rings. The van der Waals surface area contributed by atoms with Gasteiger partial charge in [-0.15, -0.1) is 0 Å². The van der Waals surface area contributed by atoms with Crippen molar-refractivity contribution >= 4 is 10.8 Å². The third kappa shape index (κ3) is 4.43. The molecule has 0 spiro atoms. The highest BCUT2D eigenvalue weighted by atomic mass is 16.5. The molecule has 0 atom stereocenters. The number of hydrogen-bond acceptors (Lipinski definition) is 2. The van der Waals surface area contributed by atoms with Gasteiger partial charge in [0.15, 0.2) is 0 Å². The minimum Gasteiger partial charge on any atom is -0.382 e. The largest absolute Gasteiger partial charge is 0.382 e. The zero-order valence-corrected chi connectivity index (χ0v) is 9.85. The quantitative estimate of drug-likeness (QED) is 0.737. The van der Waals surface area contributed by atoms with Crippen LogP contribution in [0.15, 0.2) is 48.5 Å². The average Bonchev–Trinajstić information content (AvgIpc) is 2.37. The van der Waals surface area contributed by atoms with E-state index in [-0.39, 0.29) is 0 Å². The van der Waals surface area contributed by atoms with E-state index in [1.165, 1.54) is 10.8 Å². The molecule has 0 unspecified atom stereocenters. The lowest BCUT2D eigenvalue weighted by Gasteiger charge is -1.92. The molecule has 0 aliphatic heterocycles. The second-order valence-corrected chi connectivity index (χ2v) is 3.33. The molecule has 16 heavy (non-hydrogen) atoms. The van der Waals surface area contributed by atoms with Crippen LogP contribution in [0, 0.1) is 0 Å². The van der Waals surface area contributed by atoms with E-state index >= 15 is 0 Å². The van der Waals surface area contributed by atoms with Crippen LogP contribution in [-0.4, -0.2) is 27.4 Å². The Morgan fingerprint density at radius 2 is 1.00 bits per heavy atom. The van der Waals surface area contributed by atoms with E-state index in [4.69, 9.17) is 0 Å². The molecule has 0 heterocycles. The Hall–Kier alpha value is -1.38. The Morgan fingerprint density at radius 1 is 0.688 bits per heavy atom. The molecule has 0 bridgehead atoms. The maximum absolute atomic E-state index is 4.66. The number of methoxy groups -OCH3 is 2. The van der Waals surface area contributed by atoms with Crippen molar-refractivity contribution in [2.75, 3.05) is 27.4 Å². The van der Waals surface area contributed by atoms with Gasteiger partial charge in [0, 0.05) is 14.2 Å². The summed E-state index contributed by atoms with van der Waals surface area (Å²) in [6.07, 6.45) is 0. The van der Waals surface area contributed by atoms with E-state index in [2.05, 4.69) is 58.0 Å². The molecule has 2 rings (SSSR count). The number of hydrogen-bond donors (Lipinski definition) is 0. The van der Waals surface area contributed by atoms with Crippen molar-refractivity contribution in [3.05, 3.63) is 48.5 Å². The van der Waals surface area contributed by atoms with Crippen LogP contribution in [-0.2, 0) is 9.47 Å².